The fraction of sp³-hybridized carbons (Fsp3) is 0.869. The summed E-state index contributed by atoms with van der Waals surface area (Å²) in [6, 6.07) is -8.84. The van der Waals surface area contributed by atoms with Crippen LogP contribution in [0.5, 0.6) is 0 Å². The van der Waals surface area contributed by atoms with E-state index in [9.17, 15) is 172 Å². The van der Waals surface area contributed by atoms with Crippen LogP contribution in [0.25, 0.3) is 0 Å². The van der Waals surface area contributed by atoms with Gasteiger partial charge >= 0.3 is 65.5 Å². The Hall–Kier alpha value is -5.96. The lowest BCUT2D eigenvalue weighted by Gasteiger charge is -2.50. The lowest BCUT2D eigenvalue weighted by Crippen LogP contribution is -2.71. The van der Waals surface area contributed by atoms with Gasteiger partial charge in [-0.25, -0.2) is 35.9 Å². The number of aliphatic carboxylic acids is 4. The van der Waals surface area contributed by atoms with Gasteiger partial charge in [0.05, 0.1) is 26.4 Å². The molecule has 62 nitrogen and oxygen atoms in total. The molecular weight excluding hydrogens is 1840 g/mol. The second kappa shape index (κ2) is 44.7. The monoisotopic (exact) mass is 1940 g/mol. The number of amides is 4. The summed E-state index contributed by atoms with van der Waals surface area (Å²) in [5.74, 6) is -13.1. The average Bonchev–Trinajstić information content (AvgIpc) is 0.789. The smallest absolute Gasteiger partial charge is 0.397 e. The normalized spacial score (nSPS) is 41.2. The predicted octanol–water partition coefficient (Wildman–Crippen LogP) is -17.0. The number of unbranched alkanes of at least 4 members (excludes halogenated alkanes) is 2. The van der Waals surface area contributed by atoms with Crippen molar-refractivity contribution in [2.75, 3.05) is 39.6 Å². The summed E-state index contributed by atoms with van der Waals surface area (Å²) >= 11 is 0. The molecule has 0 radical (unpaired) electrons. The molecule has 0 aliphatic carbocycles. The zero-order chi connectivity index (χ0) is 95.0. The fourth-order valence-electron chi connectivity index (χ4n) is 14.3. The van der Waals surface area contributed by atoms with Gasteiger partial charge in [-0.15, -0.1) is 0 Å². The number of hydrogen-bond donors (Lipinski definition) is 26. The Kier molecular flexibility index (Phi) is 37.5. The molecule has 8 aliphatic rings. The van der Waals surface area contributed by atoms with E-state index < -0.39 is 361 Å². The highest BCUT2D eigenvalue weighted by molar-refractivity contribution is 7.81. The van der Waals surface area contributed by atoms with Gasteiger partial charge in [-0.1, -0.05) is 0 Å². The van der Waals surface area contributed by atoms with Gasteiger partial charge in [0.15, 0.2) is 74.7 Å². The number of ether oxygens (including phenoxy) is 16. The molecule has 0 aromatic heterocycles. The van der Waals surface area contributed by atoms with Crippen LogP contribution in [0.2, 0.25) is 0 Å². The molecular formula is C61H97N5O57S4. The van der Waals surface area contributed by atoms with Crippen LogP contribution in [0.3, 0.4) is 0 Å². The molecule has 40 atom stereocenters. The highest BCUT2D eigenvalue weighted by Gasteiger charge is 2.63. The molecule has 8 fully saturated rings. The van der Waals surface area contributed by atoms with Crippen molar-refractivity contribution in [3.63, 3.8) is 0 Å². The zero-order valence-electron chi connectivity index (χ0n) is 65.8. The van der Waals surface area contributed by atoms with E-state index in [1.807, 2.05) is 0 Å². The predicted molar refractivity (Wildman–Crippen MR) is 381 cm³/mol. The molecule has 0 bridgehead atoms. The van der Waals surface area contributed by atoms with Crippen molar-refractivity contribution in [1.82, 2.24) is 21.3 Å². The van der Waals surface area contributed by atoms with Gasteiger partial charge in [-0.3, -0.25) is 37.4 Å². The van der Waals surface area contributed by atoms with E-state index in [1.54, 1.807) is 0 Å². The molecule has 0 aromatic carbocycles. The first kappa shape index (κ1) is 106. The molecule has 127 heavy (non-hydrogen) atoms. The Bertz CT molecular complexity index is 4230. The molecule has 8 saturated heterocycles. The summed E-state index contributed by atoms with van der Waals surface area (Å²) < 4.78 is 241. The van der Waals surface area contributed by atoms with Crippen LogP contribution in [-0.2, 0) is 172 Å². The van der Waals surface area contributed by atoms with E-state index in [0.717, 1.165) is 27.7 Å². The third-order valence-electron chi connectivity index (χ3n) is 20.0. The maximum atomic E-state index is 13.3. The number of nitrogens with two attached hydrogens (primary N) is 1. The Morgan fingerprint density at radius 3 is 0.756 bits per heavy atom. The standard InChI is InChI=1S/C61H97N5O57S4/c1-14(67)63-22-27(72)26(71)18(10-105-124(92,93)94)109-54(22)116-43-32(77)36(81)59(121-47(43)51(86)87)113-40-20(12-107-126(98,99)100)111-56(24(29(40)74)65-16(3)69)118-45-34(79)38(83)61(123-49(45)53(90)91)115-41-21(13-108-127(101,102)103)112-57(25(30(41)75)66-17(4)70)119-44-33(78)37(82)60(122-48(44)52(88)89)114-39-19(11-106-125(95,96)97)110-55(23(28(39)73)64-15(2)68)117-42-31(76)35(80)58(120-46(42)50(84)85)104-9-7-5-6-8-62/h18-49,54-61,71-83H,5-13,62H2,1-4H3,(H,63,67)(H,64,68)(H,65,69)(H,66,70)(H,84,85)(H,86,87)(H,88,89)(H,90,91)(H,92,93,94)(H,95,96,97)(H,98,99,100)(H,101,102,103)/t18-,19-,20-,21-,22-,23-,24-,25-,26-,27-,28-,29-,30-,31-,32-,33-,34-,35-,36-,37-,38-,39-,40-,41-,42+,43+,44+,45+,46?,47-,48-,49?,54-,55-,56-,57-,58-,59-,60-,61-/m1/s1. The second-order valence-electron chi connectivity index (χ2n) is 29.3. The van der Waals surface area contributed by atoms with Crippen LogP contribution < -0.4 is 27.0 Å². The van der Waals surface area contributed by atoms with Gasteiger partial charge in [0.1, 0.15) is 171 Å². The Labute approximate surface area is 715 Å². The molecule has 8 rings (SSSR count). The number of hydrogen-bond acceptors (Lipinski definition) is 50. The van der Waals surface area contributed by atoms with Crippen molar-refractivity contribution in [2.45, 2.75) is 292 Å². The lowest BCUT2D eigenvalue weighted by atomic mass is 9.93. The first-order valence-corrected chi connectivity index (χ1v) is 42.8. The molecule has 0 spiro atoms. The van der Waals surface area contributed by atoms with Crippen molar-refractivity contribution in [3.8, 4) is 0 Å². The zero-order valence-corrected chi connectivity index (χ0v) is 69.0. The van der Waals surface area contributed by atoms with Crippen LogP contribution in [0, 0.1) is 0 Å². The number of carboxylic acid groups (broad SMARTS) is 4. The number of aliphatic hydroxyl groups excluding tert-OH is 13. The summed E-state index contributed by atoms with van der Waals surface area (Å²) in [7, 11) is -22.3. The maximum absolute atomic E-state index is 13.3. The van der Waals surface area contributed by atoms with Crippen LogP contribution in [0.15, 0.2) is 0 Å². The first-order chi connectivity index (χ1) is 58.9. The Morgan fingerprint density at radius 2 is 0.512 bits per heavy atom. The molecule has 8 heterocycles. The summed E-state index contributed by atoms with van der Waals surface area (Å²) in [6.45, 7) is -2.88. The minimum absolute atomic E-state index is 0.159. The van der Waals surface area contributed by atoms with Gasteiger partial charge in [-0.05, 0) is 25.8 Å². The second-order valence-corrected chi connectivity index (χ2v) is 33.6. The SMILES string of the molecule is CC(=O)N[C@H]1[C@@H](O[C@@H]2C(C(=O)O)O[C@@H](OCCCCCN)[C@H](O)[C@H]2O)O[C@H](COS(=O)(=O)O)[C@@H](O[C@@H]2O[C@@H](C(=O)O)[C@@H](O[C@H]3O[C@H](COS(=O)(=O)O)[C@@H](O[C@@H]4OC(C(=O)O)[C@@H](O[C@H]5O[C@H](COS(=O)(=O)O)[C@@H](O[C@@H]6O[C@@H](C(=O)O)[C@@H](O[C@H]7O[C@H](COS(=O)(=O)O)[C@@H](O)[C@H](O)[C@H]7NC(C)=O)[C@H](O)[C@H]6O)[C@H](O)[C@H]5NC(C)=O)[C@H](O)[C@H]4O)[C@H](O)[C@H]3NC(C)=O)[C@H](O)[C@H]2O)[C@@H]1O. The highest BCUT2D eigenvalue weighted by atomic mass is 32.3. The van der Waals surface area contributed by atoms with Crippen molar-refractivity contribution in [1.29, 1.82) is 0 Å². The molecule has 0 aromatic rings. The van der Waals surface area contributed by atoms with Crippen LogP contribution >= 0.6 is 0 Å². The van der Waals surface area contributed by atoms with Crippen molar-refractivity contribution >= 4 is 89.1 Å². The van der Waals surface area contributed by atoms with E-state index in [1.165, 1.54) is 0 Å². The van der Waals surface area contributed by atoms with E-state index in [0.29, 0.717) is 25.8 Å². The molecule has 66 heteroatoms. The van der Waals surface area contributed by atoms with Crippen LogP contribution in [-0.4, -0.2) is 471 Å². The molecule has 2 unspecified atom stereocenters. The van der Waals surface area contributed by atoms with E-state index in [2.05, 4.69) is 38.0 Å². The van der Waals surface area contributed by atoms with Crippen LogP contribution in [0.4, 0.5) is 0 Å². The maximum Gasteiger partial charge on any atom is 0.397 e. The summed E-state index contributed by atoms with van der Waals surface area (Å²) in [5.41, 5.74) is 5.50. The van der Waals surface area contributed by atoms with Crippen LogP contribution in [0.1, 0.15) is 47.0 Å². The van der Waals surface area contributed by atoms with Gasteiger partial charge in [-0.2, -0.15) is 33.7 Å². The highest BCUT2D eigenvalue weighted by Crippen LogP contribution is 2.40. The minimum atomic E-state index is -5.72. The number of carboxylic acids is 4. The molecule has 732 valence electrons. The summed E-state index contributed by atoms with van der Waals surface area (Å²) in [4.78, 5) is 103. The number of carbonyl (C=O) groups is 8. The third kappa shape index (κ3) is 27.9. The lowest BCUT2D eigenvalue weighted by molar-refractivity contribution is -0.382. The summed E-state index contributed by atoms with van der Waals surface area (Å²) in [5, 5.41) is 201. The molecule has 27 N–H and O–H groups in total. The number of carbonyl (C=O) groups excluding carboxylic acids is 4. The number of rotatable bonds is 40. The molecule has 0 saturated carbocycles. The van der Waals surface area contributed by atoms with Crippen molar-refractivity contribution < 1.29 is 270 Å². The van der Waals surface area contributed by atoms with E-state index >= 15 is 0 Å². The largest absolute Gasteiger partial charge is 0.479 e. The van der Waals surface area contributed by atoms with E-state index in [-0.39, 0.29) is 6.61 Å². The number of nitrogens with one attached hydrogen (secondary N) is 4. The molecule has 8 aliphatic heterocycles. The van der Waals surface area contributed by atoms with Gasteiger partial charge in [0.25, 0.3) is 0 Å². The van der Waals surface area contributed by atoms with Gasteiger partial charge < -0.3 is 190 Å². The minimum Gasteiger partial charge on any atom is -0.479 e. The molecule has 4 amide bonds. The Morgan fingerprint density at radius 1 is 0.283 bits per heavy atom. The summed E-state index contributed by atoms with van der Waals surface area (Å²) in [6.07, 6.45) is -89.5. The number of aliphatic hydroxyl groups is 13. The fourth-order valence-corrected chi connectivity index (χ4v) is 15.5. The third-order valence-corrected chi connectivity index (χ3v) is 21.8. The van der Waals surface area contributed by atoms with Gasteiger partial charge in [0.2, 0.25) is 23.6 Å². The van der Waals surface area contributed by atoms with E-state index in [4.69, 9.17) is 86.1 Å². The topological polar surface area (TPSA) is 957 Å². The van der Waals surface area contributed by atoms with Crippen molar-refractivity contribution in [2.24, 2.45) is 5.73 Å². The first-order valence-electron chi connectivity index (χ1n) is 37.4. The Balaban J connectivity index is 1.02. The van der Waals surface area contributed by atoms with Gasteiger partial charge in [0, 0.05) is 34.3 Å². The van der Waals surface area contributed by atoms with Crippen molar-refractivity contribution in [3.05, 3.63) is 0 Å². The quantitative estimate of drug-likeness (QED) is 0.0200. The average molecular weight is 1940 g/mol.